The van der Waals surface area contributed by atoms with Crippen LogP contribution in [-0.4, -0.2) is 4.57 Å². The van der Waals surface area contributed by atoms with Crippen molar-refractivity contribution in [2.75, 3.05) is 5.73 Å². The fraction of sp³-hybridized carbons (Fsp3) is 0.222. The zero-order valence-corrected chi connectivity index (χ0v) is 12.9. The maximum Gasteiger partial charge on any atom is 0.416 e. The molecular formula is C18H17F3N2. The highest BCUT2D eigenvalue weighted by molar-refractivity contribution is 5.89. The molecule has 23 heavy (non-hydrogen) atoms. The minimum absolute atomic E-state index is 0.518. The molecule has 0 aliphatic carbocycles. The predicted octanol–water partition coefficient (Wildman–Crippen LogP) is 4.91. The average Bonchev–Trinajstić information content (AvgIpc) is 2.87. The minimum Gasteiger partial charge on any atom is -0.398 e. The quantitative estimate of drug-likeness (QED) is 0.669. The molecule has 0 fully saturated rings. The van der Waals surface area contributed by atoms with Crippen molar-refractivity contribution in [1.29, 1.82) is 0 Å². The van der Waals surface area contributed by atoms with Gasteiger partial charge in [-0.1, -0.05) is 12.1 Å². The Kier molecular flexibility index (Phi) is 3.59. The number of halogens is 3. The average molecular weight is 318 g/mol. The van der Waals surface area contributed by atoms with Crippen LogP contribution in [0.25, 0.3) is 10.9 Å². The molecule has 2 aromatic carbocycles. The molecule has 0 unspecified atom stereocenters. The maximum absolute atomic E-state index is 12.6. The first kappa shape index (κ1) is 15.5. The number of hydrogen-bond donors (Lipinski definition) is 1. The number of anilines is 1. The molecule has 120 valence electrons. The van der Waals surface area contributed by atoms with Gasteiger partial charge in [-0.15, -0.1) is 0 Å². The molecule has 3 rings (SSSR count). The molecule has 0 aliphatic heterocycles. The molecule has 0 atom stereocenters. The van der Waals surface area contributed by atoms with E-state index < -0.39 is 11.7 Å². The predicted molar refractivity (Wildman–Crippen MR) is 86.4 cm³/mol. The molecule has 0 aliphatic rings. The van der Waals surface area contributed by atoms with Gasteiger partial charge in [0.2, 0.25) is 0 Å². The van der Waals surface area contributed by atoms with Crippen LogP contribution in [0.4, 0.5) is 18.9 Å². The summed E-state index contributed by atoms with van der Waals surface area (Å²) in [6.07, 6.45) is -2.36. The number of fused-ring (bicyclic) bond motifs is 1. The standard InChI is InChI=1S/C18H17F3N2/c1-11-9-16-15(12(2)17(11)22)7-8-23(16)10-13-3-5-14(6-4-13)18(19,20)21/h3-9H,10,22H2,1-2H3. The summed E-state index contributed by atoms with van der Waals surface area (Å²) in [6, 6.07) is 9.29. The smallest absolute Gasteiger partial charge is 0.398 e. The number of aromatic nitrogens is 1. The van der Waals surface area contributed by atoms with Crippen molar-refractivity contribution in [3.05, 3.63) is 64.8 Å². The lowest BCUT2D eigenvalue weighted by Crippen LogP contribution is -2.05. The SMILES string of the molecule is Cc1cc2c(ccn2Cc2ccc(C(F)(F)F)cc2)c(C)c1N. The van der Waals surface area contributed by atoms with Crippen molar-refractivity contribution < 1.29 is 13.2 Å². The molecule has 0 amide bonds. The molecule has 0 saturated heterocycles. The molecule has 1 heterocycles. The number of rotatable bonds is 2. The molecule has 5 heteroatoms. The number of benzene rings is 2. The van der Waals surface area contributed by atoms with Crippen molar-refractivity contribution in [2.45, 2.75) is 26.6 Å². The maximum atomic E-state index is 12.6. The van der Waals surface area contributed by atoms with Crippen LogP contribution < -0.4 is 5.73 Å². The van der Waals surface area contributed by atoms with Crippen LogP contribution in [0.15, 0.2) is 42.6 Å². The number of alkyl halides is 3. The van der Waals surface area contributed by atoms with E-state index in [1.807, 2.05) is 36.7 Å². The Labute approximate surface area is 132 Å². The largest absolute Gasteiger partial charge is 0.416 e. The number of aryl methyl sites for hydroxylation is 2. The normalized spacial score (nSPS) is 12.0. The molecule has 0 radical (unpaired) electrons. The fourth-order valence-electron chi connectivity index (χ4n) is 2.82. The van der Waals surface area contributed by atoms with Gasteiger partial charge in [0.05, 0.1) is 5.56 Å². The fourth-order valence-corrected chi connectivity index (χ4v) is 2.82. The lowest BCUT2D eigenvalue weighted by Gasteiger charge is -2.11. The van der Waals surface area contributed by atoms with E-state index in [4.69, 9.17) is 5.73 Å². The highest BCUT2D eigenvalue weighted by Gasteiger charge is 2.29. The van der Waals surface area contributed by atoms with Gasteiger partial charge >= 0.3 is 6.18 Å². The second-order valence-electron chi connectivity index (χ2n) is 5.80. The van der Waals surface area contributed by atoms with Gasteiger partial charge in [0.1, 0.15) is 0 Å². The number of nitrogens with zero attached hydrogens (tertiary/aromatic N) is 1. The van der Waals surface area contributed by atoms with E-state index in [0.29, 0.717) is 6.54 Å². The third kappa shape index (κ3) is 2.79. The molecule has 1 aromatic heterocycles. The van der Waals surface area contributed by atoms with E-state index in [2.05, 4.69) is 0 Å². The first-order valence-electron chi connectivity index (χ1n) is 7.28. The van der Waals surface area contributed by atoms with Crippen molar-refractivity contribution in [2.24, 2.45) is 0 Å². The van der Waals surface area contributed by atoms with Crippen molar-refractivity contribution >= 4 is 16.6 Å². The summed E-state index contributed by atoms with van der Waals surface area (Å²) in [4.78, 5) is 0. The van der Waals surface area contributed by atoms with Crippen LogP contribution in [-0.2, 0) is 12.7 Å². The summed E-state index contributed by atoms with van der Waals surface area (Å²) in [5, 5.41) is 1.07. The molecule has 2 nitrogen and oxygen atoms in total. The van der Waals surface area contributed by atoms with Gasteiger partial charge in [-0.3, -0.25) is 0 Å². The first-order valence-corrected chi connectivity index (χ1v) is 7.28. The third-order valence-corrected chi connectivity index (χ3v) is 4.23. The third-order valence-electron chi connectivity index (χ3n) is 4.23. The van der Waals surface area contributed by atoms with E-state index in [1.165, 1.54) is 12.1 Å². The van der Waals surface area contributed by atoms with Crippen LogP contribution in [0.1, 0.15) is 22.3 Å². The molecule has 3 aromatic rings. The van der Waals surface area contributed by atoms with Crippen LogP contribution in [0.5, 0.6) is 0 Å². The Balaban J connectivity index is 1.96. The lowest BCUT2D eigenvalue weighted by atomic mass is 10.0. The summed E-state index contributed by atoms with van der Waals surface area (Å²) in [6.45, 7) is 4.45. The van der Waals surface area contributed by atoms with Gasteiger partial charge in [0, 0.05) is 29.3 Å². The second kappa shape index (κ2) is 5.33. The van der Waals surface area contributed by atoms with Crippen LogP contribution in [0, 0.1) is 13.8 Å². The monoisotopic (exact) mass is 318 g/mol. The number of nitrogen functional groups attached to an aromatic ring is 1. The molecule has 0 saturated carbocycles. The van der Waals surface area contributed by atoms with Crippen LogP contribution in [0.3, 0.4) is 0 Å². The molecule has 2 N–H and O–H groups in total. The van der Waals surface area contributed by atoms with E-state index in [0.717, 1.165) is 45.4 Å². The highest BCUT2D eigenvalue weighted by atomic mass is 19.4. The lowest BCUT2D eigenvalue weighted by molar-refractivity contribution is -0.137. The Morgan fingerprint density at radius 1 is 1.04 bits per heavy atom. The van der Waals surface area contributed by atoms with Gasteiger partial charge in [-0.2, -0.15) is 13.2 Å². The highest BCUT2D eigenvalue weighted by Crippen LogP contribution is 2.30. The number of hydrogen-bond acceptors (Lipinski definition) is 1. The molecule has 0 bridgehead atoms. The summed E-state index contributed by atoms with van der Waals surface area (Å²) >= 11 is 0. The topological polar surface area (TPSA) is 30.9 Å². The molecular weight excluding hydrogens is 301 g/mol. The second-order valence-corrected chi connectivity index (χ2v) is 5.80. The van der Waals surface area contributed by atoms with Crippen LogP contribution in [0.2, 0.25) is 0 Å². The Morgan fingerprint density at radius 2 is 1.70 bits per heavy atom. The van der Waals surface area contributed by atoms with Crippen molar-refractivity contribution in [3.8, 4) is 0 Å². The number of nitrogens with two attached hydrogens (primary N) is 1. The van der Waals surface area contributed by atoms with Gasteiger partial charge < -0.3 is 10.3 Å². The summed E-state index contributed by atoms with van der Waals surface area (Å²) < 4.78 is 39.9. The van der Waals surface area contributed by atoms with E-state index >= 15 is 0 Å². The van der Waals surface area contributed by atoms with E-state index in [1.54, 1.807) is 0 Å². The Bertz CT molecular complexity index is 859. The Hall–Kier alpha value is -2.43. The summed E-state index contributed by atoms with van der Waals surface area (Å²) in [5.74, 6) is 0. The van der Waals surface area contributed by atoms with Crippen LogP contribution >= 0.6 is 0 Å². The van der Waals surface area contributed by atoms with Crippen molar-refractivity contribution in [1.82, 2.24) is 4.57 Å². The summed E-state index contributed by atoms with van der Waals surface area (Å²) in [5.41, 5.74) is 10.1. The zero-order chi connectivity index (χ0) is 16.8. The van der Waals surface area contributed by atoms with E-state index in [9.17, 15) is 13.2 Å². The van der Waals surface area contributed by atoms with Gasteiger partial charge in [-0.25, -0.2) is 0 Å². The minimum atomic E-state index is -4.30. The van der Waals surface area contributed by atoms with Crippen molar-refractivity contribution in [3.63, 3.8) is 0 Å². The first-order chi connectivity index (χ1) is 10.8. The zero-order valence-electron chi connectivity index (χ0n) is 12.9. The van der Waals surface area contributed by atoms with Gasteiger partial charge in [0.25, 0.3) is 0 Å². The van der Waals surface area contributed by atoms with E-state index in [-0.39, 0.29) is 0 Å². The molecule has 0 spiro atoms. The van der Waals surface area contributed by atoms with Gasteiger partial charge in [0.15, 0.2) is 0 Å². The van der Waals surface area contributed by atoms with Gasteiger partial charge in [-0.05, 0) is 54.8 Å². The summed E-state index contributed by atoms with van der Waals surface area (Å²) in [7, 11) is 0. The Morgan fingerprint density at radius 3 is 2.30 bits per heavy atom.